The van der Waals surface area contributed by atoms with E-state index in [1.165, 1.54) is 0 Å². The lowest BCUT2D eigenvalue weighted by atomic mass is 10.1. The number of urea groups is 1. The second kappa shape index (κ2) is 7.31. The van der Waals surface area contributed by atoms with Crippen molar-refractivity contribution in [3.63, 3.8) is 0 Å². The van der Waals surface area contributed by atoms with Crippen molar-refractivity contribution in [3.8, 4) is 0 Å². The van der Waals surface area contributed by atoms with Gasteiger partial charge in [0.25, 0.3) is 0 Å². The number of benzene rings is 1. The average Bonchev–Trinajstić information content (AvgIpc) is 2.56. The second-order valence-electron chi connectivity index (χ2n) is 5.70. The van der Waals surface area contributed by atoms with Crippen LogP contribution in [0, 0.1) is 0 Å². The Balaban J connectivity index is 1.58. The van der Waals surface area contributed by atoms with Crippen molar-refractivity contribution >= 4 is 17.6 Å². The molecule has 1 N–H and O–H groups in total. The van der Waals surface area contributed by atoms with E-state index < -0.39 is 0 Å². The van der Waals surface area contributed by atoms with Gasteiger partial charge in [-0.25, -0.2) is 4.79 Å². The number of morpholine rings is 1. The van der Waals surface area contributed by atoms with Gasteiger partial charge in [-0.1, -0.05) is 23.7 Å². The van der Waals surface area contributed by atoms with Crippen LogP contribution in [0.2, 0.25) is 5.02 Å². The predicted octanol–water partition coefficient (Wildman–Crippen LogP) is 2.60. The Labute approximate surface area is 135 Å². The zero-order chi connectivity index (χ0) is 15.4. The summed E-state index contributed by atoms with van der Waals surface area (Å²) in [5.41, 5.74) is 1.01. The molecule has 0 spiro atoms. The van der Waals surface area contributed by atoms with E-state index in [-0.39, 0.29) is 18.2 Å². The van der Waals surface area contributed by atoms with E-state index in [2.05, 4.69) is 5.32 Å². The maximum atomic E-state index is 12.4. The van der Waals surface area contributed by atoms with Crippen LogP contribution in [-0.4, -0.2) is 49.9 Å². The van der Waals surface area contributed by atoms with Gasteiger partial charge in [-0.15, -0.1) is 0 Å². The Bertz CT molecular complexity index is 520. The number of halogens is 1. The number of nitrogens with one attached hydrogen (secondary N) is 1. The molecule has 0 aliphatic carbocycles. The molecule has 0 radical (unpaired) electrons. The second-order valence-corrected chi connectivity index (χ2v) is 6.13. The number of carbonyl (C=O) groups is 1. The summed E-state index contributed by atoms with van der Waals surface area (Å²) in [6.45, 7) is 3.15. The zero-order valence-electron chi connectivity index (χ0n) is 12.5. The molecule has 6 heteroatoms. The van der Waals surface area contributed by atoms with Crippen LogP contribution >= 0.6 is 11.6 Å². The standard InChI is InChI=1S/C16H21ClN2O3/c17-13-3-1-2-12(10-13)15-11-19(6-9-22-15)16(20)18-14-4-7-21-8-5-14/h1-3,10,14-15H,4-9,11H2,(H,18,20). The molecule has 1 unspecified atom stereocenters. The first-order valence-corrected chi connectivity index (χ1v) is 8.10. The Morgan fingerprint density at radius 1 is 1.27 bits per heavy atom. The molecular formula is C16H21ClN2O3. The van der Waals surface area contributed by atoms with Gasteiger partial charge in [-0.05, 0) is 30.5 Å². The van der Waals surface area contributed by atoms with E-state index in [1.54, 1.807) is 0 Å². The molecule has 5 nitrogen and oxygen atoms in total. The topological polar surface area (TPSA) is 50.8 Å². The molecule has 0 aromatic heterocycles. The maximum Gasteiger partial charge on any atom is 0.317 e. The molecule has 22 heavy (non-hydrogen) atoms. The molecule has 2 fully saturated rings. The zero-order valence-corrected chi connectivity index (χ0v) is 13.2. The highest BCUT2D eigenvalue weighted by Gasteiger charge is 2.27. The number of hydrogen-bond donors (Lipinski definition) is 1. The van der Waals surface area contributed by atoms with E-state index in [0.717, 1.165) is 31.6 Å². The fraction of sp³-hybridized carbons (Fsp3) is 0.562. The number of ether oxygens (including phenoxy) is 2. The quantitative estimate of drug-likeness (QED) is 0.909. The third kappa shape index (κ3) is 3.91. The third-order valence-corrected chi connectivity index (χ3v) is 4.36. The van der Waals surface area contributed by atoms with Crippen LogP contribution in [0.25, 0.3) is 0 Å². The average molecular weight is 325 g/mol. The Kier molecular flexibility index (Phi) is 5.18. The van der Waals surface area contributed by atoms with Gasteiger partial charge in [0.05, 0.1) is 13.2 Å². The molecule has 0 bridgehead atoms. The van der Waals surface area contributed by atoms with Crippen LogP contribution in [0.15, 0.2) is 24.3 Å². The minimum absolute atomic E-state index is 0.0118. The largest absolute Gasteiger partial charge is 0.381 e. The Morgan fingerprint density at radius 3 is 2.86 bits per heavy atom. The monoisotopic (exact) mass is 324 g/mol. The summed E-state index contributed by atoms with van der Waals surface area (Å²) in [6.07, 6.45) is 1.65. The number of carbonyl (C=O) groups excluding carboxylic acids is 1. The smallest absolute Gasteiger partial charge is 0.317 e. The summed E-state index contributed by atoms with van der Waals surface area (Å²) in [7, 11) is 0. The number of amides is 2. The lowest BCUT2D eigenvalue weighted by molar-refractivity contribution is -0.0165. The van der Waals surface area contributed by atoms with E-state index in [0.29, 0.717) is 24.7 Å². The van der Waals surface area contributed by atoms with Crippen LogP contribution in [0.4, 0.5) is 4.79 Å². The molecule has 2 aliphatic rings. The van der Waals surface area contributed by atoms with Gasteiger partial charge in [0.1, 0.15) is 6.10 Å². The van der Waals surface area contributed by atoms with Crippen LogP contribution in [0.5, 0.6) is 0 Å². The summed E-state index contributed by atoms with van der Waals surface area (Å²) in [5.74, 6) is 0. The molecule has 2 heterocycles. The van der Waals surface area contributed by atoms with Crippen LogP contribution in [0.1, 0.15) is 24.5 Å². The molecular weight excluding hydrogens is 304 g/mol. The maximum absolute atomic E-state index is 12.4. The van der Waals surface area contributed by atoms with Crippen molar-refractivity contribution in [2.45, 2.75) is 25.0 Å². The summed E-state index contributed by atoms with van der Waals surface area (Å²) >= 11 is 6.03. The Morgan fingerprint density at radius 2 is 2.09 bits per heavy atom. The summed E-state index contributed by atoms with van der Waals surface area (Å²) in [6, 6.07) is 7.82. The first-order chi connectivity index (χ1) is 10.7. The van der Waals surface area contributed by atoms with Crippen molar-refractivity contribution in [3.05, 3.63) is 34.9 Å². The molecule has 1 aromatic rings. The normalized spacial score (nSPS) is 23.3. The van der Waals surface area contributed by atoms with Crippen molar-refractivity contribution in [2.75, 3.05) is 32.9 Å². The van der Waals surface area contributed by atoms with Crippen LogP contribution in [0.3, 0.4) is 0 Å². The molecule has 3 rings (SSSR count). The fourth-order valence-electron chi connectivity index (χ4n) is 2.85. The van der Waals surface area contributed by atoms with Gasteiger partial charge >= 0.3 is 6.03 Å². The minimum atomic E-state index is -0.118. The lowest BCUT2D eigenvalue weighted by Crippen LogP contribution is -2.50. The highest BCUT2D eigenvalue weighted by atomic mass is 35.5. The number of nitrogens with zero attached hydrogens (tertiary/aromatic N) is 1. The summed E-state index contributed by atoms with van der Waals surface area (Å²) in [5, 5.41) is 3.78. The van der Waals surface area contributed by atoms with E-state index >= 15 is 0 Å². The van der Waals surface area contributed by atoms with Gasteiger partial charge < -0.3 is 19.7 Å². The molecule has 0 saturated carbocycles. The van der Waals surface area contributed by atoms with E-state index in [9.17, 15) is 4.79 Å². The summed E-state index contributed by atoms with van der Waals surface area (Å²) < 4.78 is 11.1. The highest BCUT2D eigenvalue weighted by Crippen LogP contribution is 2.24. The Hall–Kier alpha value is -1.30. The van der Waals surface area contributed by atoms with Gasteiger partial charge in [-0.2, -0.15) is 0 Å². The first-order valence-electron chi connectivity index (χ1n) is 7.72. The third-order valence-electron chi connectivity index (χ3n) is 4.12. The van der Waals surface area contributed by atoms with Crippen molar-refractivity contribution in [1.29, 1.82) is 0 Å². The molecule has 2 aliphatic heterocycles. The number of hydrogen-bond acceptors (Lipinski definition) is 3. The number of rotatable bonds is 2. The van der Waals surface area contributed by atoms with Crippen LogP contribution < -0.4 is 5.32 Å². The van der Waals surface area contributed by atoms with Crippen molar-refractivity contribution in [2.24, 2.45) is 0 Å². The van der Waals surface area contributed by atoms with Crippen molar-refractivity contribution in [1.82, 2.24) is 10.2 Å². The van der Waals surface area contributed by atoms with E-state index in [1.807, 2.05) is 29.2 Å². The first kappa shape index (κ1) is 15.6. The molecule has 2 saturated heterocycles. The van der Waals surface area contributed by atoms with Gasteiger partial charge in [0.15, 0.2) is 0 Å². The van der Waals surface area contributed by atoms with E-state index in [4.69, 9.17) is 21.1 Å². The van der Waals surface area contributed by atoms with Gasteiger partial charge in [-0.3, -0.25) is 0 Å². The highest BCUT2D eigenvalue weighted by molar-refractivity contribution is 6.30. The molecule has 1 aromatic carbocycles. The molecule has 1 atom stereocenters. The lowest BCUT2D eigenvalue weighted by Gasteiger charge is -2.35. The molecule has 2 amide bonds. The minimum Gasteiger partial charge on any atom is -0.381 e. The van der Waals surface area contributed by atoms with Crippen molar-refractivity contribution < 1.29 is 14.3 Å². The fourth-order valence-corrected chi connectivity index (χ4v) is 3.05. The molecule has 120 valence electrons. The SMILES string of the molecule is O=C(NC1CCOCC1)N1CCOC(c2cccc(Cl)c2)C1. The van der Waals surface area contributed by atoms with Gasteiger partial charge in [0, 0.05) is 30.8 Å². The summed E-state index contributed by atoms with van der Waals surface area (Å²) in [4.78, 5) is 14.2. The van der Waals surface area contributed by atoms with Gasteiger partial charge in [0.2, 0.25) is 0 Å². The predicted molar refractivity (Wildman–Crippen MR) is 84.1 cm³/mol. The van der Waals surface area contributed by atoms with Crippen LogP contribution in [-0.2, 0) is 9.47 Å².